The first-order valence-electron chi connectivity index (χ1n) is 7.14. The molecule has 5 nitrogen and oxygen atoms in total. The normalized spacial score (nSPS) is 22.0. The Morgan fingerprint density at radius 1 is 1.29 bits per heavy atom. The number of ether oxygens (including phenoxy) is 1. The highest BCUT2D eigenvalue weighted by molar-refractivity contribution is 6.45. The molecule has 0 bridgehead atoms. The zero-order chi connectivity index (χ0) is 15.4. The molecule has 0 N–H and O–H groups in total. The van der Waals surface area contributed by atoms with E-state index < -0.39 is 0 Å². The minimum Gasteiger partial charge on any atom is -0.465 e. The van der Waals surface area contributed by atoms with Gasteiger partial charge in [0.25, 0.3) is 5.91 Å². The van der Waals surface area contributed by atoms with Gasteiger partial charge in [0.2, 0.25) is 0 Å². The Morgan fingerprint density at radius 3 is 2.57 bits per heavy atom. The van der Waals surface area contributed by atoms with E-state index in [2.05, 4.69) is 4.99 Å². The summed E-state index contributed by atoms with van der Waals surface area (Å²) in [5.41, 5.74) is 1.18. The van der Waals surface area contributed by atoms with Gasteiger partial charge in [0.1, 0.15) is 12.3 Å². The van der Waals surface area contributed by atoms with Crippen LogP contribution >= 0.6 is 0 Å². The van der Waals surface area contributed by atoms with Crippen molar-refractivity contribution in [1.29, 1.82) is 0 Å². The van der Waals surface area contributed by atoms with Crippen molar-refractivity contribution in [3.8, 4) is 0 Å². The molecule has 2 atom stereocenters. The minimum atomic E-state index is -0.390. The van der Waals surface area contributed by atoms with Crippen molar-refractivity contribution in [1.82, 2.24) is 4.90 Å². The van der Waals surface area contributed by atoms with E-state index in [0.29, 0.717) is 12.3 Å². The maximum Gasteiger partial charge on any atom is 0.325 e. The van der Waals surface area contributed by atoms with E-state index in [1.165, 1.54) is 4.90 Å². The number of esters is 1. The number of carbonyl (C=O) groups is 2. The fraction of sp³-hybridized carbons (Fsp3) is 0.438. The summed E-state index contributed by atoms with van der Waals surface area (Å²) in [6.07, 6.45) is 0. The van der Waals surface area contributed by atoms with Crippen molar-refractivity contribution < 1.29 is 14.3 Å². The molecule has 5 heteroatoms. The van der Waals surface area contributed by atoms with Crippen LogP contribution in [0.5, 0.6) is 0 Å². The Labute approximate surface area is 124 Å². The van der Waals surface area contributed by atoms with E-state index in [9.17, 15) is 9.59 Å². The van der Waals surface area contributed by atoms with Crippen LogP contribution in [0.15, 0.2) is 35.3 Å². The third-order valence-electron chi connectivity index (χ3n) is 3.64. The van der Waals surface area contributed by atoms with Gasteiger partial charge in [-0.1, -0.05) is 30.3 Å². The largest absolute Gasteiger partial charge is 0.465 e. The molecule has 1 aromatic rings. The highest BCUT2D eigenvalue weighted by Gasteiger charge is 2.34. The monoisotopic (exact) mass is 288 g/mol. The Bertz CT molecular complexity index is 554. The van der Waals surface area contributed by atoms with Gasteiger partial charge in [0, 0.05) is 5.56 Å². The van der Waals surface area contributed by atoms with Crippen LogP contribution in [0.1, 0.15) is 26.3 Å². The first kappa shape index (κ1) is 15.2. The number of aliphatic imine (C=N–C) groups is 1. The van der Waals surface area contributed by atoms with Crippen LogP contribution in [0.4, 0.5) is 0 Å². The molecule has 0 aliphatic carbocycles. The highest BCUT2D eigenvalue weighted by atomic mass is 16.5. The Morgan fingerprint density at radius 2 is 1.95 bits per heavy atom. The van der Waals surface area contributed by atoms with Gasteiger partial charge in [-0.3, -0.25) is 14.6 Å². The number of amides is 1. The zero-order valence-corrected chi connectivity index (χ0v) is 12.6. The van der Waals surface area contributed by atoms with Gasteiger partial charge in [-0.2, -0.15) is 0 Å². The summed E-state index contributed by atoms with van der Waals surface area (Å²) in [5.74, 6) is -0.612. The van der Waals surface area contributed by atoms with Crippen LogP contribution in [-0.4, -0.2) is 47.7 Å². The second kappa shape index (κ2) is 6.52. The van der Waals surface area contributed by atoms with Gasteiger partial charge in [0.15, 0.2) is 0 Å². The predicted molar refractivity (Wildman–Crippen MR) is 80.2 cm³/mol. The van der Waals surface area contributed by atoms with Crippen LogP contribution in [-0.2, 0) is 14.3 Å². The van der Waals surface area contributed by atoms with Crippen LogP contribution < -0.4 is 0 Å². The number of hydrogen-bond donors (Lipinski definition) is 0. The van der Waals surface area contributed by atoms with Crippen molar-refractivity contribution >= 4 is 17.6 Å². The van der Waals surface area contributed by atoms with E-state index in [4.69, 9.17) is 4.74 Å². The average molecular weight is 288 g/mol. The lowest BCUT2D eigenvalue weighted by Crippen LogP contribution is -2.53. The van der Waals surface area contributed by atoms with Gasteiger partial charge in [-0.15, -0.1) is 0 Å². The smallest absolute Gasteiger partial charge is 0.325 e. The fourth-order valence-electron chi connectivity index (χ4n) is 2.30. The maximum atomic E-state index is 12.6. The number of hydrogen-bond acceptors (Lipinski definition) is 4. The van der Waals surface area contributed by atoms with Gasteiger partial charge in [-0.25, -0.2) is 0 Å². The predicted octanol–water partition coefficient (Wildman–Crippen LogP) is 1.66. The third kappa shape index (κ3) is 3.29. The molecule has 0 fully saturated rings. The first-order chi connectivity index (χ1) is 10.0. The van der Waals surface area contributed by atoms with E-state index in [0.717, 1.165) is 5.56 Å². The summed E-state index contributed by atoms with van der Waals surface area (Å²) in [6.45, 7) is 5.86. The van der Waals surface area contributed by atoms with Crippen LogP contribution in [0.2, 0.25) is 0 Å². The molecule has 2 rings (SSSR count). The summed E-state index contributed by atoms with van der Waals surface area (Å²) in [6, 6.07) is 9.12. The molecule has 112 valence electrons. The summed E-state index contributed by atoms with van der Waals surface area (Å²) in [5, 5.41) is 0. The van der Waals surface area contributed by atoms with Crippen LogP contribution in [0.3, 0.4) is 0 Å². The second-order valence-electron chi connectivity index (χ2n) is 5.06. The summed E-state index contributed by atoms with van der Waals surface area (Å²) in [4.78, 5) is 30.3. The quantitative estimate of drug-likeness (QED) is 0.792. The summed E-state index contributed by atoms with van der Waals surface area (Å²) < 4.78 is 4.94. The maximum absolute atomic E-state index is 12.6. The van der Waals surface area contributed by atoms with Crippen molar-refractivity contribution in [3.63, 3.8) is 0 Å². The van der Waals surface area contributed by atoms with E-state index in [-0.39, 0.29) is 30.5 Å². The van der Waals surface area contributed by atoms with Crippen molar-refractivity contribution in [2.45, 2.75) is 32.9 Å². The van der Waals surface area contributed by atoms with E-state index in [1.807, 2.05) is 44.2 Å². The third-order valence-corrected chi connectivity index (χ3v) is 3.64. The number of nitrogens with zero attached hydrogens (tertiary/aromatic N) is 2. The molecule has 0 aromatic heterocycles. The van der Waals surface area contributed by atoms with Crippen molar-refractivity contribution in [2.75, 3.05) is 13.2 Å². The van der Waals surface area contributed by atoms with Crippen molar-refractivity contribution in [2.24, 2.45) is 4.99 Å². The molecule has 1 aliphatic rings. The molecule has 1 aliphatic heterocycles. The molecule has 1 aromatic carbocycles. The number of carbonyl (C=O) groups excluding carboxylic acids is 2. The molecule has 0 spiro atoms. The second-order valence-corrected chi connectivity index (χ2v) is 5.06. The van der Waals surface area contributed by atoms with Crippen LogP contribution in [0, 0.1) is 0 Å². The minimum absolute atomic E-state index is 0.0377. The molecule has 0 saturated heterocycles. The number of benzene rings is 1. The van der Waals surface area contributed by atoms with E-state index >= 15 is 0 Å². The lowest BCUT2D eigenvalue weighted by atomic mass is 10.0. The average Bonchev–Trinajstić information content (AvgIpc) is 2.48. The molecule has 2 unspecified atom stereocenters. The summed E-state index contributed by atoms with van der Waals surface area (Å²) >= 11 is 0. The lowest BCUT2D eigenvalue weighted by molar-refractivity contribution is -0.148. The zero-order valence-electron chi connectivity index (χ0n) is 12.6. The van der Waals surface area contributed by atoms with Gasteiger partial charge in [-0.05, 0) is 20.8 Å². The molecule has 0 saturated carbocycles. The first-order valence-corrected chi connectivity index (χ1v) is 7.14. The topological polar surface area (TPSA) is 59.0 Å². The van der Waals surface area contributed by atoms with Crippen molar-refractivity contribution in [3.05, 3.63) is 35.9 Å². The standard InChI is InChI=1S/C16H20N2O3/c1-4-21-14(19)10-18-12(3)11(2)17-15(16(18)20)13-8-6-5-7-9-13/h5-9,11-12H,4,10H2,1-3H3. The molecule has 0 radical (unpaired) electrons. The molecule has 1 amide bonds. The molecular weight excluding hydrogens is 268 g/mol. The van der Waals surface area contributed by atoms with Gasteiger partial charge in [0.05, 0.1) is 18.7 Å². The Kier molecular flexibility index (Phi) is 4.73. The SMILES string of the molecule is CCOC(=O)CN1C(=O)C(c2ccccc2)=NC(C)C1C. The molecule has 21 heavy (non-hydrogen) atoms. The van der Waals surface area contributed by atoms with Crippen LogP contribution in [0.25, 0.3) is 0 Å². The molecule has 1 heterocycles. The molecular formula is C16H20N2O3. The highest BCUT2D eigenvalue weighted by Crippen LogP contribution is 2.18. The summed E-state index contributed by atoms with van der Waals surface area (Å²) in [7, 11) is 0. The Hall–Kier alpha value is -2.17. The fourth-order valence-corrected chi connectivity index (χ4v) is 2.30. The van der Waals surface area contributed by atoms with E-state index in [1.54, 1.807) is 6.92 Å². The van der Waals surface area contributed by atoms with Gasteiger partial charge >= 0.3 is 5.97 Å². The lowest BCUT2D eigenvalue weighted by Gasteiger charge is -2.35. The van der Waals surface area contributed by atoms with Gasteiger partial charge < -0.3 is 9.64 Å². The Balaban J connectivity index is 2.27. The number of rotatable bonds is 4.